The molecule has 0 saturated carbocycles. The number of hydrogen-bond donors (Lipinski definition) is 1. The molecule has 1 heterocycles. The van der Waals surface area contributed by atoms with Crippen molar-refractivity contribution < 1.29 is 0 Å². The van der Waals surface area contributed by atoms with Crippen molar-refractivity contribution in [1.82, 2.24) is 9.97 Å². The lowest BCUT2D eigenvalue weighted by molar-refractivity contribution is 0.370. The Morgan fingerprint density at radius 2 is 1.46 bits per heavy atom. The maximum Gasteiger partial charge on any atom is 0.220 e. The molecule has 2 aromatic carbocycles. The van der Waals surface area contributed by atoms with Gasteiger partial charge in [-0.25, -0.2) is 9.97 Å². The summed E-state index contributed by atoms with van der Waals surface area (Å²) in [4.78, 5) is 9.07. The highest BCUT2D eigenvalue weighted by Crippen LogP contribution is 2.40. The van der Waals surface area contributed by atoms with Gasteiger partial charge in [0.15, 0.2) is 0 Å². The van der Waals surface area contributed by atoms with E-state index in [9.17, 15) is 0 Å². The fourth-order valence-corrected chi connectivity index (χ4v) is 4.34. The van der Waals surface area contributed by atoms with Crippen LogP contribution in [0.4, 0.5) is 5.95 Å². The van der Waals surface area contributed by atoms with Crippen LogP contribution < -0.4 is 5.73 Å². The third kappa shape index (κ3) is 3.48. The van der Waals surface area contributed by atoms with Crippen LogP contribution in [-0.4, -0.2) is 9.97 Å². The third-order valence-corrected chi connectivity index (χ3v) is 5.51. The number of fused-ring (bicyclic) bond motifs is 1. The average molecular weight is 343 g/mol. The van der Waals surface area contributed by atoms with Gasteiger partial charge in [0.25, 0.3) is 0 Å². The van der Waals surface area contributed by atoms with Crippen LogP contribution in [0.2, 0.25) is 0 Å². The number of hydrogen-bond acceptors (Lipinski definition) is 3. The van der Waals surface area contributed by atoms with E-state index in [-0.39, 0.29) is 5.41 Å². The molecule has 4 rings (SSSR count). The number of benzene rings is 2. The van der Waals surface area contributed by atoms with Crippen molar-refractivity contribution in [2.45, 2.75) is 43.9 Å². The van der Waals surface area contributed by atoms with Gasteiger partial charge in [-0.2, -0.15) is 0 Å². The quantitative estimate of drug-likeness (QED) is 0.709. The first-order valence-corrected chi connectivity index (χ1v) is 9.45. The second-order valence-corrected chi connectivity index (χ2v) is 7.41. The smallest absolute Gasteiger partial charge is 0.220 e. The second kappa shape index (κ2) is 7.28. The minimum absolute atomic E-state index is 0.0361. The Hall–Kier alpha value is -2.68. The van der Waals surface area contributed by atoms with Gasteiger partial charge in [0.2, 0.25) is 5.95 Å². The summed E-state index contributed by atoms with van der Waals surface area (Å²) in [6.07, 6.45) is 8.47. The minimum atomic E-state index is -0.0361. The van der Waals surface area contributed by atoms with Crippen molar-refractivity contribution in [2.24, 2.45) is 0 Å². The minimum Gasteiger partial charge on any atom is -0.368 e. The molecule has 0 fully saturated rings. The molecular formula is C23H25N3. The SMILES string of the molecule is Nc1ncc2c(n1)C(Cc1ccccc1)(Cc1ccccc1)CCCC2. The van der Waals surface area contributed by atoms with E-state index >= 15 is 0 Å². The molecule has 1 aliphatic rings. The normalized spacial score (nSPS) is 15.8. The number of nitrogens with zero attached hydrogens (tertiary/aromatic N) is 2. The lowest BCUT2D eigenvalue weighted by Crippen LogP contribution is -2.34. The molecule has 0 saturated heterocycles. The van der Waals surface area contributed by atoms with Crippen molar-refractivity contribution in [3.8, 4) is 0 Å². The topological polar surface area (TPSA) is 51.8 Å². The molecule has 0 bridgehead atoms. The van der Waals surface area contributed by atoms with E-state index in [1.807, 2.05) is 6.20 Å². The molecule has 0 atom stereocenters. The summed E-state index contributed by atoms with van der Waals surface area (Å²) >= 11 is 0. The summed E-state index contributed by atoms with van der Waals surface area (Å²) in [6, 6.07) is 21.5. The maximum atomic E-state index is 6.02. The first-order valence-electron chi connectivity index (χ1n) is 9.45. The maximum absolute atomic E-state index is 6.02. The molecule has 132 valence electrons. The van der Waals surface area contributed by atoms with E-state index in [1.54, 1.807) is 0 Å². The zero-order chi connectivity index (χ0) is 17.8. The molecule has 0 spiro atoms. The summed E-state index contributed by atoms with van der Waals surface area (Å²) in [5.74, 6) is 0.385. The molecule has 3 heteroatoms. The Bertz CT molecular complexity index is 818. The summed E-state index contributed by atoms with van der Waals surface area (Å²) in [7, 11) is 0. The largest absolute Gasteiger partial charge is 0.368 e. The summed E-state index contributed by atoms with van der Waals surface area (Å²) in [5.41, 5.74) is 11.1. The lowest BCUT2D eigenvalue weighted by atomic mass is 9.70. The highest BCUT2D eigenvalue weighted by Gasteiger charge is 2.37. The van der Waals surface area contributed by atoms with Crippen LogP contribution in [0.1, 0.15) is 41.6 Å². The molecule has 2 N–H and O–H groups in total. The van der Waals surface area contributed by atoms with Crippen molar-refractivity contribution in [2.75, 3.05) is 5.73 Å². The van der Waals surface area contributed by atoms with Crippen molar-refractivity contribution in [3.63, 3.8) is 0 Å². The Balaban J connectivity index is 1.83. The van der Waals surface area contributed by atoms with Crippen LogP contribution in [0.15, 0.2) is 66.9 Å². The average Bonchev–Trinajstić information content (AvgIpc) is 2.83. The van der Waals surface area contributed by atoms with Gasteiger partial charge in [-0.3, -0.25) is 0 Å². The van der Waals surface area contributed by atoms with Crippen LogP contribution >= 0.6 is 0 Å². The summed E-state index contributed by atoms with van der Waals surface area (Å²) in [6.45, 7) is 0. The molecule has 3 nitrogen and oxygen atoms in total. The summed E-state index contributed by atoms with van der Waals surface area (Å²) in [5, 5.41) is 0. The van der Waals surface area contributed by atoms with Crippen LogP contribution in [0, 0.1) is 0 Å². The van der Waals surface area contributed by atoms with E-state index < -0.39 is 0 Å². The van der Waals surface area contributed by atoms with E-state index in [2.05, 4.69) is 65.6 Å². The number of nitrogens with two attached hydrogens (primary N) is 1. The standard InChI is InChI=1S/C23H25N3/c24-22-25-17-20-13-7-8-14-23(21(20)26-22,15-18-9-3-1-4-10-18)16-19-11-5-2-6-12-19/h1-6,9-12,17H,7-8,13-16H2,(H2,24,25,26). The van der Waals surface area contributed by atoms with Gasteiger partial charge < -0.3 is 5.73 Å². The Labute approximate surface area is 155 Å². The molecule has 0 unspecified atom stereocenters. The Kier molecular flexibility index (Phi) is 4.70. The van der Waals surface area contributed by atoms with Gasteiger partial charge in [0.05, 0.1) is 5.69 Å². The van der Waals surface area contributed by atoms with Crippen LogP contribution in [0.5, 0.6) is 0 Å². The van der Waals surface area contributed by atoms with Gasteiger partial charge in [-0.05, 0) is 48.8 Å². The van der Waals surface area contributed by atoms with Crippen LogP contribution in [0.3, 0.4) is 0 Å². The monoisotopic (exact) mass is 343 g/mol. The van der Waals surface area contributed by atoms with Crippen molar-refractivity contribution >= 4 is 5.95 Å². The number of aryl methyl sites for hydroxylation is 1. The molecule has 0 radical (unpaired) electrons. The molecule has 1 aromatic heterocycles. The molecule has 0 aliphatic heterocycles. The molecule has 0 amide bonds. The first-order chi connectivity index (χ1) is 12.8. The fraction of sp³-hybridized carbons (Fsp3) is 0.304. The lowest BCUT2D eigenvalue weighted by Gasteiger charge is -2.34. The van der Waals surface area contributed by atoms with Gasteiger partial charge >= 0.3 is 0 Å². The highest BCUT2D eigenvalue weighted by molar-refractivity contribution is 5.37. The van der Waals surface area contributed by atoms with Gasteiger partial charge in [0.1, 0.15) is 0 Å². The number of aromatic nitrogens is 2. The third-order valence-electron chi connectivity index (χ3n) is 5.51. The van der Waals surface area contributed by atoms with Crippen molar-refractivity contribution in [3.05, 3.63) is 89.2 Å². The predicted octanol–water partition coefficient (Wildman–Crippen LogP) is 4.51. The summed E-state index contributed by atoms with van der Waals surface area (Å²) < 4.78 is 0. The van der Waals surface area contributed by atoms with Crippen LogP contribution in [-0.2, 0) is 24.7 Å². The molecule has 3 aromatic rings. The Morgan fingerprint density at radius 1 is 0.846 bits per heavy atom. The van der Waals surface area contributed by atoms with E-state index in [0.717, 1.165) is 31.4 Å². The van der Waals surface area contributed by atoms with Gasteiger partial charge in [0, 0.05) is 11.6 Å². The number of anilines is 1. The second-order valence-electron chi connectivity index (χ2n) is 7.41. The van der Waals surface area contributed by atoms with E-state index in [0.29, 0.717) is 5.95 Å². The van der Waals surface area contributed by atoms with E-state index in [4.69, 9.17) is 10.7 Å². The van der Waals surface area contributed by atoms with E-state index in [1.165, 1.54) is 29.5 Å². The highest BCUT2D eigenvalue weighted by atomic mass is 15.0. The van der Waals surface area contributed by atoms with Crippen LogP contribution in [0.25, 0.3) is 0 Å². The zero-order valence-electron chi connectivity index (χ0n) is 15.1. The molecular weight excluding hydrogens is 318 g/mol. The fourth-order valence-electron chi connectivity index (χ4n) is 4.34. The predicted molar refractivity (Wildman–Crippen MR) is 106 cm³/mol. The number of nitrogen functional groups attached to an aromatic ring is 1. The first kappa shape index (κ1) is 16.8. The van der Waals surface area contributed by atoms with Gasteiger partial charge in [-0.1, -0.05) is 67.1 Å². The van der Waals surface area contributed by atoms with Gasteiger partial charge in [-0.15, -0.1) is 0 Å². The Morgan fingerprint density at radius 3 is 2.08 bits per heavy atom. The van der Waals surface area contributed by atoms with Crippen molar-refractivity contribution in [1.29, 1.82) is 0 Å². The number of rotatable bonds is 4. The zero-order valence-corrected chi connectivity index (χ0v) is 15.1. The molecule has 1 aliphatic carbocycles. The molecule has 26 heavy (non-hydrogen) atoms.